The molecule has 0 aliphatic rings. The van der Waals surface area contributed by atoms with Gasteiger partial charge >= 0.3 is 5.97 Å². The lowest BCUT2D eigenvalue weighted by Crippen LogP contribution is -2.46. The molecule has 0 radical (unpaired) electrons. The number of hydrogen-bond acceptors (Lipinski definition) is 5. The third kappa shape index (κ3) is 40.1. The highest BCUT2D eigenvalue weighted by atomic mass is 16.5. The first kappa shape index (κ1) is 54.6. The number of carbonyl (C=O) groups excluding carboxylic acids is 2. The predicted octanol–water partition coefficient (Wildman–Crippen LogP) is 14.1. The molecule has 0 bridgehead atoms. The SMILES string of the molecule is CC/C=C/C=C/C=C\C=C/C=C/CCCCCC(=O)OC(CCCCCCCCCCCCC)CC(=O)NC(CO)C(O)CCCCCCCCCCCCCC. The van der Waals surface area contributed by atoms with E-state index in [1.807, 2.05) is 42.5 Å². The van der Waals surface area contributed by atoms with Crippen molar-refractivity contribution in [2.24, 2.45) is 0 Å². The van der Waals surface area contributed by atoms with Crippen LogP contribution in [0.5, 0.6) is 0 Å². The van der Waals surface area contributed by atoms with E-state index in [1.165, 1.54) is 109 Å². The van der Waals surface area contributed by atoms with Crippen LogP contribution in [0.2, 0.25) is 0 Å². The zero-order valence-electron chi connectivity index (χ0n) is 37.5. The molecular formula is C51H91NO5. The van der Waals surface area contributed by atoms with Gasteiger partial charge in [-0.15, -0.1) is 0 Å². The van der Waals surface area contributed by atoms with Gasteiger partial charge in [0.25, 0.3) is 0 Å². The van der Waals surface area contributed by atoms with E-state index in [1.54, 1.807) is 0 Å². The van der Waals surface area contributed by atoms with Crippen molar-refractivity contribution in [2.75, 3.05) is 6.61 Å². The fourth-order valence-electron chi connectivity index (χ4n) is 7.10. The maximum Gasteiger partial charge on any atom is 0.306 e. The molecule has 6 heteroatoms. The number of nitrogens with one attached hydrogen (secondary N) is 1. The molecule has 0 saturated carbocycles. The van der Waals surface area contributed by atoms with E-state index >= 15 is 0 Å². The standard InChI is InChI=1S/C51H91NO5/c1-4-7-10-13-16-19-22-24-25-26-29-32-35-38-41-44-51(56)57-47(42-39-36-33-30-27-21-18-15-12-9-6-3)45-50(55)52-48(46-53)49(54)43-40-37-34-31-28-23-20-17-14-11-8-5-2/h7,10,13,16,19,22,24-26,29,47-49,53-54H,4-6,8-9,11-12,14-15,17-18,20-21,23,27-28,30-46H2,1-3H3,(H,52,55)/b10-7+,16-13+,22-19-,25-24-,29-26+. The number of unbranched alkanes of at least 4 members (excludes halogenated alkanes) is 24. The Hall–Kier alpha value is -2.44. The number of amides is 1. The Morgan fingerprint density at radius 3 is 1.42 bits per heavy atom. The van der Waals surface area contributed by atoms with E-state index in [0.717, 1.165) is 70.6 Å². The van der Waals surface area contributed by atoms with Gasteiger partial charge in [0.1, 0.15) is 6.10 Å². The number of ether oxygens (including phenoxy) is 1. The summed E-state index contributed by atoms with van der Waals surface area (Å²) in [5.41, 5.74) is 0. The Morgan fingerprint density at radius 2 is 0.947 bits per heavy atom. The fourth-order valence-corrected chi connectivity index (χ4v) is 7.10. The lowest BCUT2D eigenvalue weighted by Gasteiger charge is -2.24. The van der Waals surface area contributed by atoms with E-state index in [-0.39, 0.29) is 24.9 Å². The van der Waals surface area contributed by atoms with Crippen molar-refractivity contribution in [1.29, 1.82) is 0 Å². The Labute approximate surface area is 352 Å². The van der Waals surface area contributed by atoms with Crippen molar-refractivity contribution in [2.45, 2.75) is 244 Å². The Balaban J connectivity index is 4.64. The molecule has 0 aromatic carbocycles. The summed E-state index contributed by atoms with van der Waals surface area (Å²) in [6.07, 6.45) is 54.1. The van der Waals surface area contributed by atoms with Crippen LogP contribution in [0.4, 0.5) is 0 Å². The van der Waals surface area contributed by atoms with E-state index in [4.69, 9.17) is 4.74 Å². The number of aliphatic hydroxyl groups excluding tert-OH is 2. The minimum absolute atomic E-state index is 0.0605. The van der Waals surface area contributed by atoms with Gasteiger partial charge in [-0.1, -0.05) is 229 Å². The van der Waals surface area contributed by atoms with Gasteiger partial charge in [-0.2, -0.15) is 0 Å². The molecule has 3 unspecified atom stereocenters. The second kappa shape index (κ2) is 44.7. The average molecular weight is 798 g/mol. The van der Waals surface area contributed by atoms with Crippen LogP contribution in [0.15, 0.2) is 60.8 Å². The first-order chi connectivity index (χ1) is 28.0. The number of hydrogen-bond donors (Lipinski definition) is 3. The highest BCUT2D eigenvalue weighted by Gasteiger charge is 2.24. The van der Waals surface area contributed by atoms with Gasteiger partial charge in [0.2, 0.25) is 5.91 Å². The lowest BCUT2D eigenvalue weighted by molar-refractivity contribution is -0.151. The maximum atomic E-state index is 13.1. The second-order valence-corrected chi connectivity index (χ2v) is 16.3. The molecule has 3 N–H and O–H groups in total. The molecule has 0 aliphatic heterocycles. The lowest BCUT2D eigenvalue weighted by atomic mass is 10.0. The summed E-state index contributed by atoms with van der Waals surface area (Å²) in [6, 6.07) is -0.709. The second-order valence-electron chi connectivity index (χ2n) is 16.3. The molecule has 6 nitrogen and oxygen atoms in total. The highest BCUT2D eigenvalue weighted by Crippen LogP contribution is 2.18. The summed E-state index contributed by atoms with van der Waals surface area (Å²) in [4.78, 5) is 26.0. The van der Waals surface area contributed by atoms with Crippen molar-refractivity contribution in [3.63, 3.8) is 0 Å². The maximum absolute atomic E-state index is 13.1. The quantitative estimate of drug-likeness (QED) is 0.0325. The fraction of sp³-hybridized carbons (Fsp3) is 0.765. The Kier molecular flexibility index (Phi) is 42.7. The largest absolute Gasteiger partial charge is 0.462 e. The van der Waals surface area contributed by atoms with E-state index in [0.29, 0.717) is 19.3 Å². The van der Waals surface area contributed by atoms with Crippen molar-refractivity contribution in [3.05, 3.63) is 60.8 Å². The molecule has 1 amide bonds. The topological polar surface area (TPSA) is 95.9 Å². The zero-order valence-corrected chi connectivity index (χ0v) is 37.5. The van der Waals surface area contributed by atoms with E-state index < -0.39 is 18.2 Å². The summed E-state index contributed by atoms with van der Waals surface area (Å²) >= 11 is 0. The first-order valence-corrected chi connectivity index (χ1v) is 24.1. The third-order valence-electron chi connectivity index (χ3n) is 10.7. The summed E-state index contributed by atoms with van der Waals surface area (Å²) in [5, 5.41) is 23.7. The molecule has 0 aliphatic carbocycles. The highest BCUT2D eigenvalue weighted by molar-refractivity contribution is 5.77. The van der Waals surface area contributed by atoms with Gasteiger partial charge in [-0.3, -0.25) is 9.59 Å². The van der Waals surface area contributed by atoms with Crippen LogP contribution < -0.4 is 5.32 Å². The van der Waals surface area contributed by atoms with Gasteiger partial charge in [0.05, 0.1) is 25.2 Å². The molecule has 0 aromatic rings. The van der Waals surface area contributed by atoms with Crippen LogP contribution in [0, 0.1) is 0 Å². The summed E-state index contributed by atoms with van der Waals surface area (Å²) in [7, 11) is 0. The van der Waals surface area contributed by atoms with Crippen molar-refractivity contribution in [1.82, 2.24) is 5.32 Å². The van der Waals surface area contributed by atoms with Crippen LogP contribution in [0.25, 0.3) is 0 Å². The van der Waals surface area contributed by atoms with E-state index in [2.05, 4.69) is 44.3 Å². The number of aliphatic hydroxyl groups is 2. The van der Waals surface area contributed by atoms with Gasteiger partial charge in [0, 0.05) is 6.42 Å². The molecule has 330 valence electrons. The van der Waals surface area contributed by atoms with Gasteiger partial charge in [-0.25, -0.2) is 0 Å². The normalized spacial score (nSPS) is 13.8. The monoisotopic (exact) mass is 798 g/mol. The molecular weight excluding hydrogens is 707 g/mol. The molecule has 0 rings (SSSR count). The number of carbonyl (C=O) groups is 2. The molecule has 0 heterocycles. The van der Waals surface area contributed by atoms with Crippen molar-refractivity contribution >= 4 is 11.9 Å². The summed E-state index contributed by atoms with van der Waals surface area (Å²) in [5.74, 6) is -0.522. The minimum atomic E-state index is -0.794. The van der Waals surface area contributed by atoms with Crippen LogP contribution in [0.3, 0.4) is 0 Å². The van der Waals surface area contributed by atoms with Gasteiger partial charge in [0.15, 0.2) is 0 Å². The number of allylic oxidation sites excluding steroid dienone is 10. The summed E-state index contributed by atoms with van der Waals surface area (Å²) in [6.45, 7) is 6.32. The van der Waals surface area contributed by atoms with E-state index in [9.17, 15) is 19.8 Å². The van der Waals surface area contributed by atoms with Crippen molar-refractivity contribution < 1.29 is 24.5 Å². The molecule has 57 heavy (non-hydrogen) atoms. The Morgan fingerprint density at radius 1 is 0.526 bits per heavy atom. The first-order valence-electron chi connectivity index (χ1n) is 24.1. The number of rotatable bonds is 42. The number of esters is 1. The average Bonchev–Trinajstić information content (AvgIpc) is 3.20. The molecule has 0 fully saturated rings. The van der Waals surface area contributed by atoms with Crippen LogP contribution in [0.1, 0.15) is 226 Å². The molecule has 0 spiro atoms. The third-order valence-corrected chi connectivity index (χ3v) is 10.7. The van der Waals surface area contributed by atoms with Crippen LogP contribution in [-0.4, -0.2) is 46.9 Å². The van der Waals surface area contributed by atoms with Crippen LogP contribution >= 0.6 is 0 Å². The van der Waals surface area contributed by atoms with Gasteiger partial charge in [-0.05, 0) is 44.9 Å². The minimum Gasteiger partial charge on any atom is -0.462 e. The molecule has 0 saturated heterocycles. The van der Waals surface area contributed by atoms with Crippen LogP contribution in [-0.2, 0) is 14.3 Å². The summed E-state index contributed by atoms with van der Waals surface area (Å²) < 4.78 is 5.89. The Bertz CT molecular complexity index is 1030. The zero-order chi connectivity index (χ0) is 41.7. The van der Waals surface area contributed by atoms with Gasteiger partial charge < -0.3 is 20.3 Å². The molecule has 0 aromatic heterocycles. The van der Waals surface area contributed by atoms with Crippen molar-refractivity contribution in [3.8, 4) is 0 Å². The smallest absolute Gasteiger partial charge is 0.306 e. The predicted molar refractivity (Wildman–Crippen MR) is 245 cm³/mol. The molecule has 3 atom stereocenters.